The molecule has 0 saturated heterocycles. The van der Waals surface area contributed by atoms with E-state index in [2.05, 4.69) is 9.97 Å². The number of hydrogen-bond acceptors (Lipinski definition) is 3. The molecule has 3 nitrogen and oxygen atoms in total. The molecule has 0 aliphatic carbocycles. The van der Waals surface area contributed by atoms with Gasteiger partial charge in [0, 0.05) is 12.3 Å². The Balaban J connectivity index is 2.22. The highest BCUT2D eigenvalue weighted by molar-refractivity contribution is 6.30. The molecule has 0 spiro atoms. The molecule has 0 aliphatic rings. The topological polar surface area (TPSA) is 35.0 Å². The first-order valence-electron chi connectivity index (χ1n) is 4.69. The van der Waals surface area contributed by atoms with Gasteiger partial charge in [0.15, 0.2) is 0 Å². The summed E-state index contributed by atoms with van der Waals surface area (Å²) in [6, 6.07) is 4.04. The second-order valence-electron chi connectivity index (χ2n) is 3.16. The van der Waals surface area contributed by atoms with Crippen LogP contribution in [0.3, 0.4) is 0 Å². The van der Waals surface area contributed by atoms with E-state index in [4.69, 9.17) is 27.9 Å². The van der Waals surface area contributed by atoms with Gasteiger partial charge in [0.25, 0.3) is 0 Å². The van der Waals surface area contributed by atoms with Crippen molar-refractivity contribution >= 4 is 23.2 Å². The van der Waals surface area contributed by atoms with E-state index in [0.717, 1.165) is 0 Å². The lowest BCUT2D eigenvalue weighted by Gasteiger charge is -2.05. The molecule has 0 radical (unpaired) electrons. The predicted octanol–water partition coefficient (Wildman–Crippen LogP) is 3.80. The van der Waals surface area contributed by atoms with Crippen LogP contribution in [0, 0.1) is 5.82 Å². The number of ether oxygens (including phenoxy) is 1. The first kappa shape index (κ1) is 12.1. The molecule has 0 atom stereocenters. The van der Waals surface area contributed by atoms with Crippen LogP contribution >= 0.6 is 23.2 Å². The standard InChI is InChI=1S/C11H7Cl2FN2O/c12-4-7-5-15-6-11(16-7)17-8-1-2-10(14)9(13)3-8/h1-3,5-6H,4H2. The van der Waals surface area contributed by atoms with Gasteiger partial charge >= 0.3 is 0 Å². The SMILES string of the molecule is Fc1ccc(Oc2cncc(CCl)n2)cc1Cl. The van der Waals surface area contributed by atoms with E-state index in [1.807, 2.05) is 0 Å². The minimum atomic E-state index is -0.500. The molecule has 0 amide bonds. The average molecular weight is 273 g/mol. The highest BCUT2D eigenvalue weighted by atomic mass is 35.5. The van der Waals surface area contributed by atoms with Crippen molar-refractivity contribution in [1.29, 1.82) is 0 Å². The summed E-state index contributed by atoms with van der Waals surface area (Å²) in [4.78, 5) is 8.00. The van der Waals surface area contributed by atoms with Crippen molar-refractivity contribution in [3.05, 3.63) is 47.1 Å². The molecule has 0 saturated carbocycles. The molecule has 0 bridgehead atoms. The third-order valence-electron chi connectivity index (χ3n) is 1.91. The Morgan fingerprint density at radius 2 is 2.12 bits per heavy atom. The molecule has 0 aliphatic heterocycles. The molecule has 0 N–H and O–H groups in total. The Kier molecular flexibility index (Phi) is 3.76. The van der Waals surface area contributed by atoms with E-state index >= 15 is 0 Å². The van der Waals surface area contributed by atoms with Gasteiger partial charge in [-0.1, -0.05) is 11.6 Å². The van der Waals surface area contributed by atoms with Gasteiger partial charge in [-0.25, -0.2) is 9.37 Å². The molecule has 6 heteroatoms. The zero-order chi connectivity index (χ0) is 12.3. The summed E-state index contributed by atoms with van der Waals surface area (Å²) in [7, 11) is 0. The van der Waals surface area contributed by atoms with Crippen molar-refractivity contribution in [3.8, 4) is 11.6 Å². The number of nitrogens with zero attached hydrogens (tertiary/aromatic N) is 2. The zero-order valence-electron chi connectivity index (χ0n) is 8.53. The van der Waals surface area contributed by atoms with Crippen LogP contribution in [-0.4, -0.2) is 9.97 Å². The van der Waals surface area contributed by atoms with Gasteiger partial charge in [0.2, 0.25) is 5.88 Å². The quantitative estimate of drug-likeness (QED) is 0.798. The van der Waals surface area contributed by atoms with Gasteiger partial charge in [-0.3, -0.25) is 4.98 Å². The Morgan fingerprint density at radius 1 is 1.29 bits per heavy atom. The lowest BCUT2D eigenvalue weighted by atomic mass is 10.3. The fourth-order valence-corrected chi connectivity index (χ4v) is 1.46. The van der Waals surface area contributed by atoms with Crippen LogP contribution in [0.2, 0.25) is 5.02 Å². The fraction of sp³-hybridized carbons (Fsp3) is 0.0909. The predicted molar refractivity (Wildman–Crippen MR) is 63.1 cm³/mol. The van der Waals surface area contributed by atoms with Gasteiger partial charge in [-0.05, 0) is 12.1 Å². The van der Waals surface area contributed by atoms with E-state index in [0.29, 0.717) is 11.4 Å². The van der Waals surface area contributed by atoms with Gasteiger partial charge in [-0.15, -0.1) is 11.6 Å². The Morgan fingerprint density at radius 3 is 2.82 bits per heavy atom. The van der Waals surface area contributed by atoms with Crippen molar-refractivity contribution in [2.75, 3.05) is 0 Å². The Hall–Kier alpha value is -1.39. The maximum Gasteiger partial charge on any atom is 0.238 e. The summed E-state index contributed by atoms with van der Waals surface area (Å²) in [5.41, 5.74) is 0.595. The molecule has 2 rings (SSSR count). The first-order chi connectivity index (χ1) is 8.19. The van der Waals surface area contributed by atoms with Gasteiger partial charge in [-0.2, -0.15) is 0 Å². The van der Waals surface area contributed by atoms with Crippen LogP contribution in [0.5, 0.6) is 11.6 Å². The molecular weight excluding hydrogens is 266 g/mol. The van der Waals surface area contributed by atoms with Crippen LogP contribution in [0.15, 0.2) is 30.6 Å². The highest BCUT2D eigenvalue weighted by Gasteiger charge is 2.04. The lowest BCUT2D eigenvalue weighted by molar-refractivity contribution is 0.457. The largest absolute Gasteiger partial charge is 0.437 e. The van der Waals surface area contributed by atoms with Crippen LogP contribution in [-0.2, 0) is 5.88 Å². The third-order valence-corrected chi connectivity index (χ3v) is 2.48. The normalized spacial score (nSPS) is 10.3. The summed E-state index contributed by atoms with van der Waals surface area (Å²) in [6.07, 6.45) is 2.98. The summed E-state index contributed by atoms with van der Waals surface area (Å²) in [6.45, 7) is 0. The molecule has 2 aromatic rings. The number of halogens is 3. The number of hydrogen-bond donors (Lipinski definition) is 0. The third kappa shape index (κ3) is 3.05. The van der Waals surface area contributed by atoms with E-state index in [1.54, 1.807) is 0 Å². The number of rotatable bonds is 3. The van der Waals surface area contributed by atoms with E-state index in [-0.39, 0.29) is 16.8 Å². The number of alkyl halides is 1. The van der Waals surface area contributed by atoms with Crippen molar-refractivity contribution in [2.24, 2.45) is 0 Å². The average Bonchev–Trinajstić information content (AvgIpc) is 2.34. The Labute approximate surface area is 107 Å². The van der Waals surface area contributed by atoms with Crippen molar-refractivity contribution in [2.45, 2.75) is 5.88 Å². The number of benzene rings is 1. The molecule has 88 valence electrons. The summed E-state index contributed by atoms with van der Waals surface area (Å²) in [5.74, 6) is 0.414. The molecule has 0 fully saturated rings. The van der Waals surface area contributed by atoms with Crippen LogP contribution in [0.4, 0.5) is 4.39 Å². The fourth-order valence-electron chi connectivity index (χ4n) is 1.16. The zero-order valence-corrected chi connectivity index (χ0v) is 10.0. The minimum absolute atomic E-state index is 0.0102. The van der Waals surface area contributed by atoms with E-state index < -0.39 is 5.82 Å². The molecular formula is C11H7Cl2FN2O. The van der Waals surface area contributed by atoms with Crippen LogP contribution in [0.25, 0.3) is 0 Å². The molecule has 0 unspecified atom stereocenters. The summed E-state index contributed by atoms with van der Waals surface area (Å²) >= 11 is 11.2. The first-order valence-corrected chi connectivity index (χ1v) is 5.60. The number of aromatic nitrogens is 2. The summed E-state index contributed by atoms with van der Waals surface area (Å²) in [5, 5.41) is -0.0102. The van der Waals surface area contributed by atoms with Crippen molar-refractivity contribution in [1.82, 2.24) is 9.97 Å². The van der Waals surface area contributed by atoms with Crippen molar-refractivity contribution in [3.63, 3.8) is 0 Å². The minimum Gasteiger partial charge on any atom is -0.437 e. The maximum atomic E-state index is 12.9. The van der Waals surface area contributed by atoms with E-state index in [9.17, 15) is 4.39 Å². The lowest BCUT2D eigenvalue weighted by Crippen LogP contribution is -1.93. The highest BCUT2D eigenvalue weighted by Crippen LogP contribution is 2.24. The monoisotopic (exact) mass is 272 g/mol. The maximum absolute atomic E-state index is 12.9. The van der Waals surface area contributed by atoms with Crippen LogP contribution in [0.1, 0.15) is 5.69 Å². The molecule has 1 aromatic carbocycles. The van der Waals surface area contributed by atoms with E-state index in [1.165, 1.54) is 30.6 Å². The van der Waals surface area contributed by atoms with Gasteiger partial charge in [0.1, 0.15) is 11.6 Å². The molecule has 17 heavy (non-hydrogen) atoms. The van der Waals surface area contributed by atoms with Crippen LogP contribution < -0.4 is 4.74 Å². The second kappa shape index (κ2) is 5.29. The second-order valence-corrected chi connectivity index (χ2v) is 3.83. The molecule has 1 aromatic heterocycles. The smallest absolute Gasteiger partial charge is 0.238 e. The van der Waals surface area contributed by atoms with Gasteiger partial charge < -0.3 is 4.74 Å². The van der Waals surface area contributed by atoms with Gasteiger partial charge in [0.05, 0.1) is 22.8 Å². The Bertz CT molecular complexity index is 537. The van der Waals surface area contributed by atoms with Crippen molar-refractivity contribution < 1.29 is 9.13 Å². The summed E-state index contributed by atoms with van der Waals surface area (Å²) < 4.78 is 18.3. The molecule has 1 heterocycles.